The van der Waals surface area contributed by atoms with Gasteiger partial charge in [0.15, 0.2) is 6.07 Å². The molecule has 2 aromatic carbocycles. The molecule has 0 N–H and O–H groups in total. The summed E-state index contributed by atoms with van der Waals surface area (Å²) in [4.78, 5) is 0. The Morgan fingerprint density at radius 3 is 1.96 bits per heavy atom. The van der Waals surface area contributed by atoms with Crippen LogP contribution in [0.1, 0.15) is 49.7 Å². The monoisotopic (exact) mass is 299 g/mol. The number of benzene rings is 2. The maximum Gasteiger partial charge on any atom is 0.152 e. The van der Waals surface area contributed by atoms with Crippen molar-refractivity contribution in [3.63, 3.8) is 0 Å². The maximum absolute atomic E-state index is 8.48. The van der Waals surface area contributed by atoms with Crippen molar-refractivity contribution in [1.82, 2.24) is 0 Å². The van der Waals surface area contributed by atoms with Crippen LogP contribution < -0.4 is 0 Å². The van der Waals surface area contributed by atoms with E-state index in [-0.39, 0.29) is 0 Å². The Bertz CT molecular complexity index is 743. The third kappa shape index (κ3) is 3.82. The van der Waals surface area contributed by atoms with E-state index in [2.05, 4.69) is 55.2 Å². The van der Waals surface area contributed by atoms with Crippen LogP contribution in [0, 0.1) is 29.1 Å². The van der Waals surface area contributed by atoms with Gasteiger partial charge in [0.05, 0.1) is 0 Å². The lowest BCUT2D eigenvalue weighted by Crippen LogP contribution is -2.10. The second kappa shape index (κ2) is 7.17. The summed E-state index contributed by atoms with van der Waals surface area (Å²) in [6.07, 6.45) is 5.37. The van der Waals surface area contributed by atoms with E-state index < -0.39 is 0 Å². The van der Waals surface area contributed by atoms with E-state index in [4.69, 9.17) is 5.26 Å². The highest BCUT2D eigenvalue weighted by Crippen LogP contribution is 2.36. The topological polar surface area (TPSA) is 23.8 Å². The van der Waals surface area contributed by atoms with Crippen molar-refractivity contribution in [1.29, 1.82) is 5.26 Å². The van der Waals surface area contributed by atoms with Crippen LogP contribution in [0.2, 0.25) is 0 Å². The van der Waals surface area contributed by atoms with E-state index in [0.29, 0.717) is 0 Å². The molecule has 1 nitrogen and oxygen atoms in total. The van der Waals surface area contributed by atoms with Crippen molar-refractivity contribution in [3.8, 4) is 29.0 Å². The first kappa shape index (κ1) is 15.4. The molecule has 114 valence electrons. The van der Waals surface area contributed by atoms with Crippen molar-refractivity contribution >= 4 is 0 Å². The molecular weight excluding hydrogens is 278 g/mol. The van der Waals surface area contributed by atoms with Gasteiger partial charge in [-0.25, -0.2) is 0 Å². The van der Waals surface area contributed by atoms with Crippen molar-refractivity contribution < 1.29 is 0 Å². The van der Waals surface area contributed by atoms with E-state index in [0.717, 1.165) is 17.4 Å². The SMILES string of the molecule is CC1CCC(c2ccc(-c3ccc(C#CC#N)cc3)cc2)CC1. The van der Waals surface area contributed by atoms with Crippen LogP contribution in [0.15, 0.2) is 48.5 Å². The van der Waals surface area contributed by atoms with Crippen molar-refractivity contribution in [2.24, 2.45) is 5.92 Å². The predicted molar refractivity (Wildman–Crippen MR) is 94.7 cm³/mol. The number of hydrogen-bond donors (Lipinski definition) is 0. The first-order chi connectivity index (χ1) is 11.3. The van der Waals surface area contributed by atoms with Crippen LogP contribution in [0.3, 0.4) is 0 Å². The van der Waals surface area contributed by atoms with Gasteiger partial charge in [-0.1, -0.05) is 62.1 Å². The van der Waals surface area contributed by atoms with Gasteiger partial charge in [-0.15, -0.1) is 0 Å². The second-order valence-corrected chi connectivity index (χ2v) is 6.52. The molecule has 1 heteroatoms. The van der Waals surface area contributed by atoms with Crippen molar-refractivity contribution in [3.05, 3.63) is 59.7 Å². The molecule has 0 spiro atoms. The molecule has 1 aliphatic rings. The van der Waals surface area contributed by atoms with Crippen molar-refractivity contribution in [2.45, 2.75) is 38.5 Å². The molecule has 0 aliphatic heterocycles. The summed E-state index contributed by atoms with van der Waals surface area (Å²) < 4.78 is 0. The molecular formula is C22H21N. The Kier molecular flexibility index (Phi) is 4.80. The Labute approximate surface area is 139 Å². The lowest BCUT2D eigenvalue weighted by Gasteiger charge is -2.26. The van der Waals surface area contributed by atoms with Crippen LogP contribution in [0.5, 0.6) is 0 Å². The summed E-state index contributed by atoms with van der Waals surface area (Å²) in [7, 11) is 0. The van der Waals surface area contributed by atoms with Gasteiger partial charge in [0.2, 0.25) is 0 Å². The van der Waals surface area contributed by atoms with Gasteiger partial charge in [0.25, 0.3) is 0 Å². The zero-order valence-corrected chi connectivity index (χ0v) is 13.5. The molecule has 3 rings (SSSR count). The van der Waals surface area contributed by atoms with Gasteiger partial charge in [-0.05, 0) is 53.5 Å². The van der Waals surface area contributed by atoms with E-state index in [9.17, 15) is 0 Å². The zero-order chi connectivity index (χ0) is 16.1. The Balaban J connectivity index is 1.73. The summed E-state index contributed by atoms with van der Waals surface area (Å²) in [5, 5.41) is 8.48. The predicted octanol–water partition coefficient (Wildman–Crippen LogP) is 5.52. The molecule has 1 aliphatic carbocycles. The summed E-state index contributed by atoms with van der Waals surface area (Å²) in [6, 6.07) is 18.9. The van der Waals surface area contributed by atoms with Gasteiger partial charge < -0.3 is 0 Å². The fourth-order valence-electron chi connectivity index (χ4n) is 3.39. The van der Waals surface area contributed by atoms with Crippen LogP contribution in [-0.2, 0) is 0 Å². The highest BCUT2D eigenvalue weighted by molar-refractivity contribution is 5.64. The van der Waals surface area contributed by atoms with Gasteiger partial charge in [0.1, 0.15) is 0 Å². The third-order valence-electron chi connectivity index (χ3n) is 4.88. The van der Waals surface area contributed by atoms with Crippen LogP contribution >= 0.6 is 0 Å². The molecule has 1 fully saturated rings. The largest absolute Gasteiger partial charge is 0.183 e. The highest BCUT2D eigenvalue weighted by atomic mass is 14.2. The minimum atomic E-state index is 0.740. The molecule has 0 atom stereocenters. The number of nitriles is 1. The Morgan fingerprint density at radius 2 is 1.39 bits per heavy atom. The lowest BCUT2D eigenvalue weighted by molar-refractivity contribution is 0.348. The van der Waals surface area contributed by atoms with Crippen LogP contribution in [0.25, 0.3) is 11.1 Å². The Morgan fingerprint density at radius 1 is 0.826 bits per heavy atom. The first-order valence-electron chi connectivity index (χ1n) is 8.37. The smallest absolute Gasteiger partial charge is 0.152 e. The second-order valence-electron chi connectivity index (χ2n) is 6.52. The number of nitrogens with zero attached hydrogens (tertiary/aromatic N) is 1. The minimum Gasteiger partial charge on any atom is -0.183 e. The summed E-state index contributed by atoms with van der Waals surface area (Å²) >= 11 is 0. The number of rotatable bonds is 2. The summed E-state index contributed by atoms with van der Waals surface area (Å²) in [6.45, 7) is 2.37. The normalized spacial score (nSPS) is 20.2. The molecule has 2 aromatic rings. The van der Waals surface area contributed by atoms with E-state index in [1.54, 1.807) is 0 Å². The lowest BCUT2D eigenvalue weighted by atomic mass is 9.79. The third-order valence-corrected chi connectivity index (χ3v) is 4.88. The van der Waals surface area contributed by atoms with E-state index in [1.165, 1.54) is 42.4 Å². The molecule has 0 aromatic heterocycles. The average Bonchev–Trinajstić information content (AvgIpc) is 2.61. The number of hydrogen-bond acceptors (Lipinski definition) is 1. The standard InChI is InChI=1S/C22H21N/c1-17-4-8-19(9-5-17)21-12-14-22(15-13-21)20-10-6-18(7-11-20)3-2-16-23/h6-7,10-15,17,19H,4-5,8-9H2,1H3. The molecule has 0 amide bonds. The quantitative estimate of drug-likeness (QED) is 0.670. The van der Waals surface area contributed by atoms with Gasteiger partial charge in [0, 0.05) is 11.5 Å². The fourth-order valence-corrected chi connectivity index (χ4v) is 3.39. The molecule has 0 radical (unpaired) electrons. The van der Waals surface area contributed by atoms with Crippen LogP contribution in [0.4, 0.5) is 0 Å². The fraction of sp³-hybridized carbons (Fsp3) is 0.318. The summed E-state index contributed by atoms with van der Waals surface area (Å²) in [5.41, 5.74) is 4.79. The molecule has 0 unspecified atom stereocenters. The summed E-state index contributed by atoms with van der Waals surface area (Å²) in [5.74, 6) is 6.88. The molecule has 0 saturated heterocycles. The maximum atomic E-state index is 8.48. The van der Waals surface area contributed by atoms with E-state index >= 15 is 0 Å². The molecule has 1 saturated carbocycles. The average molecular weight is 299 g/mol. The van der Waals surface area contributed by atoms with Gasteiger partial charge in [-0.3, -0.25) is 0 Å². The molecule has 0 bridgehead atoms. The molecule has 23 heavy (non-hydrogen) atoms. The van der Waals surface area contributed by atoms with Crippen molar-refractivity contribution in [2.75, 3.05) is 0 Å². The minimum absolute atomic E-state index is 0.740. The highest BCUT2D eigenvalue weighted by Gasteiger charge is 2.19. The Hall–Kier alpha value is -2.51. The molecule has 0 heterocycles. The zero-order valence-electron chi connectivity index (χ0n) is 13.5. The van der Waals surface area contributed by atoms with E-state index in [1.807, 2.05) is 18.2 Å². The first-order valence-corrected chi connectivity index (χ1v) is 8.37. The van der Waals surface area contributed by atoms with Crippen LogP contribution in [-0.4, -0.2) is 0 Å². The van der Waals surface area contributed by atoms with Gasteiger partial charge in [-0.2, -0.15) is 5.26 Å². The van der Waals surface area contributed by atoms with Gasteiger partial charge >= 0.3 is 0 Å².